The molecule has 3 N–H and O–H groups in total. The van der Waals surface area contributed by atoms with E-state index in [-0.39, 0.29) is 12.6 Å². The molecule has 0 fully saturated rings. The monoisotopic (exact) mass is 335 g/mol. The maximum Gasteiger partial charge on any atom is 0.142 e. The summed E-state index contributed by atoms with van der Waals surface area (Å²) in [5.74, 6) is 0. The molecule has 2 unspecified atom stereocenters. The van der Waals surface area contributed by atoms with Crippen molar-refractivity contribution in [2.24, 2.45) is 0 Å². The smallest absolute Gasteiger partial charge is 0.142 e. The quantitative estimate of drug-likeness (QED) is 0.488. The van der Waals surface area contributed by atoms with E-state index in [2.05, 4.69) is 35.6 Å². The zero-order chi connectivity index (χ0) is 17.4. The van der Waals surface area contributed by atoms with Crippen LogP contribution in [0.3, 0.4) is 0 Å². The summed E-state index contributed by atoms with van der Waals surface area (Å²) < 4.78 is 5.77. The molecule has 0 amide bonds. The number of rotatable bonds is 5. The van der Waals surface area contributed by atoms with Gasteiger partial charge in [0.2, 0.25) is 0 Å². The number of hydrogen-bond donors (Lipinski definition) is 3. The Labute approximate surface area is 145 Å². The van der Waals surface area contributed by atoms with Gasteiger partial charge in [-0.15, -0.1) is 0 Å². The molecule has 0 saturated carbocycles. The predicted molar refractivity (Wildman–Crippen MR) is 101 cm³/mol. The van der Waals surface area contributed by atoms with E-state index < -0.39 is 6.10 Å². The van der Waals surface area contributed by atoms with Gasteiger partial charge in [-0.2, -0.15) is 0 Å². The minimum absolute atomic E-state index is 0.108. The predicted octanol–water partition coefficient (Wildman–Crippen LogP) is 3.57. The standard InChI is InChI=1S/C21H21NO3/c1-13(24)20(12-23)22-11-15-10-19-16-5-3-2-4-14(16)6-7-18(19)21-17(15)8-9-25-21/h2-10,13,20,22-24H,11-12H2,1H3. The van der Waals surface area contributed by atoms with Gasteiger partial charge in [-0.25, -0.2) is 0 Å². The van der Waals surface area contributed by atoms with Crippen molar-refractivity contribution in [1.29, 1.82) is 0 Å². The normalized spacial score (nSPS) is 14.4. The van der Waals surface area contributed by atoms with Crippen LogP contribution in [0.4, 0.5) is 0 Å². The Kier molecular flexibility index (Phi) is 4.17. The van der Waals surface area contributed by atoms with Crippen molar-refractivity contribution in [3.8, 4) is 0 Å². The van der Waals surface area contributed by atoms with Gasteiger partial charge in [-0.05, 0) is 46.8 Å². The van der Waals surface area contributed by atoms with Crippen molar-refractivity contribution in [3.63, 3.8) is 0 Å². The second-order valence-electron chi connectivity index (χ2n) is 6.49. The second kappa shape index (κ2) is 6.48. The Hall–Kier alpha value is -2.40. The third-order valence-electron chi connectivity index (χ3n) is 4.88. The first kappa shape index (κ1) is 16.1. The van der Waals surface area contributed by atoms with Crippen molar-refractivity contribution in [1.82, 2.24) is 5.32 Å². The van der Waals surface area contributed by atoms with Gasteiger partial charge >= 0.3 is 0 Å². The van der Waals surface area contributed by atoms with Gasteiger partial charge in [0, 0.05) is 17.3 Å². The highest BCUT2D eigenvalue weighted by Crippen LogP contribution is 2.34. The molecule has 0 aliphatic heterocycles. The lowest BCUT2D eigenvalue weighted by molar-refractivity contribution is 0.103. The van der Waals surface area contributed by atoms with E-state index in [9.17, 15) is 10.2 Å². The van der Waals surface area contributed by atoms with Crippen LogP contribution in [0.1, 0.15) is 12.5 Å². The molecule has 1 heterocycles. The molecule has 4 heteroatoms. The highest BCUT2D eigenvalue weighted by molar-refractivity contribution is 6.16. The van der Waals surface area contributed by atoms with Crippen LogP contribution in [0.2, 0.25) is 0 Å². The van der Waals surface area contributed by atoms with E-state index in [4.69, 9.17) is 4.42 Å². The van der Waals surface area contributed by atoms with Gasteiger partial charge in [-0.3, -0.25) is 0 Å². The van der Waals surface area contributed by atoms with Crippen LogP contribution in [0, 0.1) is 0 Å². The molecule has 128 valence electrons. The number of aliphatic hydroxyl groups excluding tert-OH is 2. The van der Waals surface area contributed by atoms with Crippen LogP contribution in [-0.2, 0) is 6.54 Å². The molecule has 1 aromatic heterocycles. The zero-order valence-corrected chi connectivity index (χ0v) is 14.1. The Morgan fingerprint density at radius 2 is 1.84 bits per heavy atom. The Morgan fingerprint density at radius 1 is 1.00 bits per heavy atom. The number of aliphatic hydroxyl groups is 2. The van der Waals surface area contributed by atoms with Gasteiger partial charge < -0.3 is 19.9 Å². The Bertz CT molecular complexity index is 1040. The number of nitrogens with one attached hydrogen (secondary N) is 1. The molecule has 0 aliphatic carbocycles. The van der Waals surface area contributed by atoms with E-state index in [1.54, 1.807) is 13.2 Å². The van der Waals surface area contributed by atoms with Crippen molar-refractivity contribution in [2.45, 2.75) is 25.6 Å². The van der Waals surface area contributed by atoms with Crippen LogP contribution < -0.4 is 5.32 Å². The zero-order valence-electron chi connectivity index (χ0n) is 14.1. The molecule has 4 rings (SSSR count). The molecule has 3 aromatic carbocycles. The number of benzene rings is 3. The van der Waals surface area contributed by atoms with Crippen molar-refractivity contribution in [2.75, 3.05) is 6.61 Å². The molecule has 0 spiro atoms. The van der Waals surface area contributed by atoms with Gasteiger partial charge in [0.05, 0.1) is 25.0 Å². The summed E-state index contributed by atoms with van der Waals surface area (Å²) in [7, 11) is 0. The summed E-state index contributed by atoms with van der Waals surface area (Å²) in [5, 5.41) is 28.1. The molecular weight excluding hydrogens is 314 g/mol. The summed E-state index contributed by atoms with van der Waals surface area (Å²) in [6.45, 7) is 2.11. The van der Waals surface area contributed by atoms with E-state index in [1.165, 1.54) is 10.8 Å². The molecule has 2 atom stereocenters. The lowest BCUT2D eigenvalue weighted by Crippen LogP contribution is -2.40. The minimum Gasteiger partial charge on any atom is -0.464 e. The summed E-state index contributed by atoms with van der Waals surface area (Å²) in [4.78, 5) is 0. The molecule has 0 saturated heterocycles. The molecular formula is C21H21NO3. The van der Waals surface area contributed by atoms with Gasteiger partial charge in [0.15, 0.2) is 0 Å². The van der Waals surface area contributed by atoms with Crippen LogP contribution in [0.5, 0.6) is 0 Å². The highest BCUT2D eigenvalue weighted by Gasteiger charge is 2.15. The van der Waals surface area contributed by atoms with Crippen LogP contribution in [-0.4, -0.2) is 29.0 Å². The van der Waals surface area contributed by atoms with Gasteiger partial charge in [0.25, 0.3) is 0 Å². The molecule has 4 aromatic rings. The van der Waals surface area contributed by atoms with E-state index in [1.807, 2.05) is 18.2 Å². The summed E-state index contributed by atoms with van der Waals surface area (Å²) in [6, 6.07) is 16.3. The SMILES string of the molecule is CC(O)C(CO)NCc1cc2c3ccccc3ccc2c2occc12. The topological polar surface area (TPSA) is 65.6 Å². The maximum atomic E-state index is 9.74. The Balaban J connectivity index is 1.87. The second-order valence-corrected chi connectivity index (χ2v) is 6.49. The molecule has 0 aliphatic rings. The van der Waals surface area contributed by atoms with Crippen LogP contribution in [0.15, 0.2) is 59.2 Å². The lowest BCUT2D eigenvalue weighted by atomic mass is 9.97. The van der Waals surface area contributed by atoms with Crippen LogP contribution >= 0.6 is 0 Å². The summed E-state index contributed by atoms with van der Waals surface area (Å²) in [6.07, 6.45) is 1.09. The summed E-state index contributed by atoms with van der Waals surface area (Å²) in [5.41, 5.74) is 1.96. The number of fused-ring (bicyclic) bond motifs is 5. The van der Waals surface area contributed by atoms with Crippen molar-refractivity contribution in [3.05, 3.63) is 60.4 Å². The fraction of sp³-hybridized carbons (Fsp3) is 0.238. The first-order valence-electron chi connectivity index (χ1n) is 8.52. The average Bonchev–Trinajstić information content (AvgIpc) is 3.12. The molecule has 0 bridgehead atoms. The first-order chi connectivity index (χ1) is 12.2. The minimum atomic E-state index is -0.619. The Morgan fingerprint density at radius 3 is 2.64 bits per heavy atom. The third-order valence-corrected chi connectivity index (χ3v) is 4.88. The van der Waals surface area contributed by atoms with Gasteiger partial charge in [-0.1, -0.05) is 30.3 Å². The van der Waals surface area contributed by atoms with Crippen LogP contribution in [0.25, 0.3) is 32.5 Å². The summed E-state index contributed by atoms with van der Waals surface area (Å²) >= 11 is 0. The molecule has 25 heavy (non-hydrogen) atoms. The third kappa shape index (κ3) is 2.78. The first-order valence-corrected chi connectivity index (χ1v) is 8.52. The highest BCUT2D eigenvalue weighted by atomic mass is 16.3. The van der Waals surface area contributed by atoms with E-state index in [0.29, 0.717) is 6.54 Å². The maximum absolute atomic E-state index is 9.74. The van der Waals surface area contributed by atoms with E-state index >= 15 is 0 Å². The number of hydrogen-bond acceptors (Lipinski definition) is 4. The van der Waals surface area contributed by atoms with Gasteiger partial charge in [0.1, 0.15) is 5.58 Å². The largest absolute Gasteiger partial charge is 0.464 e. The van der Waals surface area contributed by atoms with Crippen molar-refractivity contribution >= 4 is 32.5 Å². The average molecular weight is 335 g/mol. The molecule has 4 nitrogen and oxygen atoms in total. The fourth-order valence-corrected chi connectivity index (χ4v) is 3.45. The molecule has 0 radical (unpaired) electrons. The fourth-order valence-electron chi connectivity index (χ4n) is 3.45. The number of furan rings is 1. The van der Waals surface area contributed by atoms with E-state index in [0.717, 1.165) is 27.3 Å². The lowest BCUT2D eigenvalue weighted by Gasteiger charge is -2.19. The van der Waals surface area contributed by atoms with Crippen molar-refractivity contribution < 1.29 is 14.6 Å².